The highest BCUT2D eigenvalue weighted by atomic mass is 14.3. The van der Waals surface area contributed by atoms with Crippen LogP contribution in [0.25, 0.3) is 0 Å². The van der Waals surface area contributed by atoms with Crippen molar-refractivity contribution in [1.82, 2.24) is 0 Å². The lowest BCUT2D eigenvalue weighted by Crippen LogP contribution is -2.24. The predicted octanol–water partition coefficient (Wildman–Crippen LogP) is 4.89. The maximum atomic E-state index is 2.39. The lowest BCUT2D eigenvalue weighted by Gasteiger charge is -2.35. The van der Waals surface area contributed by atoms with Crippen molar-refractivity contribution in [2.75, 3.05) is 0 Å². The Morgan fingerprint density at radius 1 is 0.846 bits per heavy atom. The fourth-order valence-corrected chi connectivity index (χ4v) is 2.13. The third kappa shape index (κ3) is 4.69. The fraction of sp³-hybridized carbons (Fsp3) is 1.00. The molecule has 0 unspecified atom stereocenters. The lowest BCUT2D eigenvalue weighted by molar-refractivity contribution is 0.155. The zero-order valence-corrected chi connectivity index (χ0v) is 10.5. The van der Waals surface area contributed by atoms with Crippen LogP contribution in [0.3, 0.4) is 0 Å². The van der Waals surface area contributed by atoms with E-state index in [1.165, 1.54) is 25.7 Å². The summed E-state index contributed by atoms with van der Waals surface area (Å²) in [6.45, 7) is 13.5. The summed E-state index contributed by atoms with van der Waals surface area (Å²) in [5.41, 5.74) is 0.556. The summed E-state index contributed by atoms with van der Waals surface area (Å²) in [7, 11) is 0. The lowest BCUT2D eigenvalue weighted by atomic mass is 9.70. The molecule has 0 atom stereocenters. The summed E-state index contributed by atoms with van der Waals surface area (Å²) in [6.07, 6.45) is 5.85. The molecule has 1 aliphatic carbocycles. The first-order valence-electron chi connectivity index (χ1n) is 6.00. The molecule has 0 N–H and O–H groups in total. The number of hydrogen-bond donors (Lipinski definition) is 0. The van der Waals surface area contributed by atoms with Gasteiger partial charge in [-0.1, -0.05) is 54.4 Å². The Balaban J connectivity index is 0.000000671. The molecule has 0 bridgehead atoms. The van der Waals surface area contributed by atoms with Gasteiger partial charge in [-0.2, -0.15) is 0 Å². The molecule has 0 amide bonds. The second kappa shape index (κ2) is 5.67. The molecule has 80 valence electrons. The Kier molecular flexibility index (Phi) is 5.67. The molecule has 0 aromatic heterocycles. The van der Waals surface area contributed by atoms with Crippen LogP contribution in [0.4, 0.5) is 0 Å². The van der Waals surface area contributed by atoms with Crippen LogP contribution >= 0.6 is 0 Å². The van der Waals surface area contributed by atoms with E-state index < -0.39 is 0 Å². The molecular weight excluding hydrogens is 156 g/mol. The molecule has 0 aliphatic heterocycles. The molecule has 0 aromatic rings. The maximum absolute atomic E-state index is 2.39. The van der Waals surface area contributed by atoms with Gasteiger partial charge in [-0.25, -0.2) is 0 Å². The molecule has 0 nitrogen and oxygen atoms in total. The van der Waals surface area contributed by atoms with Crippen molar-refractivity contribution < 1.29 is 0 Å². The van der Waals surface area contributed by atoms with Crippen molar-refractivity contribution in [3.63, 3.8) is 0 Å². The van der Waals surface area contributed by atoms with Gasteiger partial charge in [0.15, 0.2) is 0 Å². The minimum absolute atomic E-state index is 0.556. The summed E-state index contributed by atoms with van der Waals surface area (Å²) in [4.78, 5) is 0. The Labute approximate surface area is 85.1 Å². The van der Waals surface area contributed by atoms with Crippen LogP contribution in [-0.2, 0) is 0 Å². The van der Waals surface area contributed by atoms with Crippen molar-refractivity contribution in [3.05, 3.63) is 0 Å². The van der Waals surface area contributed by atoms with Gasteiger partial charge in [0, 0.05) is 0 Å². The van der Waals surface area contributed by atoms with Crippen LogP contribution in [0, 0.1) is 17.3 Å². The molecular formula is C13H28. The fourth-order valence-electron chi connectivity index (χ4n) is 2.13. The van der Waals surface area contributed by atoms with Gasteiger partial charge in [0.05, 0.1) is 0 Å². The van der Waals surface area contributed by atoms with Crippen LogP contribution in [0.1, 0.15) is 67.2 Å². The van der Waals surface area contributed by atoms with E-state index in [1.807, 2.05) is 13.8 Å². The van der Waals surface area contributed by atoms with Crippen molar-refractivity contribution in [2.24, 2.45) is 17.3 Å². The second-order valence-electron chi connectivity index (χ2n) is 5.32. The van der Waals surface area contributed by atoms with E-state index in [0.717, 1.165) is 11.8 Å². The van der Waals surface area contributed by atoms with E-state index in [0.29, 0.717) is 5.41 Å². The SMILES string of the molecule is CC.CC1CCC(C(C)(C)C)CC1. The second-order valence-corrected chi connectivity index (χ2v) is 5.32. The van der Waals surface area contributed by atoms with E-state index in [4.69, 9.17) is 0 Å². The van der Waals surface area contributed by atoms with E-state index in [2.05, 4.69) is 27.7 Å². The Hall–Kier alpha value is 0. The molecule has 0 aromatic carbocycles. The molecule has 0 radical (unpaired) electrons. The van der Waals surface area contributed by atoms with Crippen LogP contribution in [-0.4, -0.2) is 0 Å². The standard InChI is InChI=1S/C11H22.C2H6/c1-9-5-7-10(8-6-9)11(2,3)4;1-2/h9-10H,5-8H2,1-4H3;1-2H3. The van der Waals surface area contributed by atoms with Crippen molar-refractivity contribution in [1.29, 1.82) is 0 Å². The third-order valence-electron chi connectivity index (χ3n) is 3.24. The summed E-state index contributed by atoms with van der Waals surface area (Å²) in [6, 6.07) is 0. The number of hydrogen-bond acceptors (Lipinski definition) is 0. The average molecular weight is 184 g/mol. The largest absolute Gasteiger partial charge is 0.0683 e. The van der Waals surface area contributed by atoms with E-state index >= 15 is 0 Å². The maximum Gasteiger partial charge on any atom is -0.0354 e. The van der Waals surface area contributed by atoms with Gasteiger partial charge in [0.2, 0.25) is 0 Å². The van der Waals surface area contributed by atoms with Crippen LogP contribution in [0.2, 0.25) is 0 Å². The van der Waals surface area contributed by atoms with Crippen molar-refractivity contribution in [3.8, 4) is 0 Å². The normalized spacial score (nSPS) is 29.1. The number of rotatable bonds is 0. The van der Waals surface area contributed by atoms with Crippen LogP contribution in [0.15, 0.2) is 0 Å². The van der Waals surface area contributed by atoms with Gasteiger partial charge in [0.25, 0.3) is 0 Å². The minimum Gasteiger partial charge on any atom is -0.0683 e. The summed E-state index contributed by atoms with van der Waals surface area (Å²) in [5, 5.41) is 0. The first-order valence-corrected chi connectivity index (χ1v) is 6.00. The molecule has 1 fully saturated rings. The predicted molar refractivity (Wildman–Crippen MR) is 61.9 cm³/mol. The topological polar surface area (TPSA) is 0 Å². The van der Waals surface area contributed by atoms with E-state index in [1.54, 1.807) is 0 Å². The Bertz CT molecular complexity index is 110. The minimum atomic E-state index is 0.556. The molecule has 0 spiro atoms. The first-order chi connectivity index (χ1) is 6.00. The van der Waals surface area contributed by atoms with Crippen LogP contribution in [0.5, 0.6) is 0 Å². The van der Waals surface area contributed by atoms with Gasteiger partial charge in [-0.15, -0.1) is 0 Å². The average Bonchev–Trinajstić information content (AvgIpc) is 2.07. The van der Waals surface area contributed by atoms with Gasteiger partial charge < -0.3 is 0 Å². The molecule has 1 aliphatic rings. The summed E-state index contributed by atoms with van der Waals surface area (Å²) < 4.78 is 0. The van der Waals surface area contributed by atoms with E-state index in [9.17, 15) is 0 Å². The molecule has 13 heavy (non-hydrogen) atoms. The summed E-state index contributed by atoms with van der Waals surface area (Å²) >= 11 is 0. The zero-order valence-electron chi connectivity index (χ0n) is 10.5. The van der Waals surface area contributed by atoms with Crippen molar-refractivity contribution >= 4 is 0 Å². The monoisotopic (exact) mass is 184 g/mol. The molecule has 1 saturated carbocycles. The summed E-state index contributed by atoms with van der Waals surface area (Å²) in [5.74, 6) is 1.98. The third-order valence-corrected chi connectivity index (χ3v) is 3.24. The molecule has 0 heterocycles. The zero-order chi connectivity index (χ0) is 10.5. The highest BCUT2D eigenvalue weighted by molar-refractivity contribution is 4.78. The molecule has 0 heteroatoms. The highest BCUT2D eigenvalue weighted by Crippen LogP contribution is 2.39. The van der Waals surface area contributed by atoms with Crippen LogP contribution < -0.4 is 0 Å². The Morgan fingerprint density at radius 2 is 1.23 bits per heavy atom. The van der Waals surface area contributed by atoms with Gasteiger partial charge in [-0.05, 0) is 30.1 Å². The molecule has 1 rings (SSSR count). The highest BCUT2D eigenvalue weighted by Gasteiger charge is 2.27. The quantitative estimate of drug-likeness (QED) is 0.503. The van der Waals surface area contributed by atoms with Gasteiger partial charge >= 0.3 is 0 Å². The van der Waals surface area contributed by atoms with Gasteiger partial charge in [-0.3, -0.25) is 0 Å². The van der Waals surface area contributed by atoms with E-state index in [-0.39, 0.29) is 0 Å². The van der Waals surface area contributed by atoms with Crippen molar-refractivity contribution in [2.45, 2.75) is 67.2 Å². The Morgan fingerprint density at radius 3 is 1.54 bits per heavy atom. The van der Waals surface area contributed by atoms with Gasteiger partial charge in [0.1, 0.15) is 0 Å². The molecule has 0 saturated heterocycles. The first kappa shape index (κ1) is 13.0. The smallest absolute Gasteiger partial charge is 0.0354 e.